The van der Waals surface area contributed by atoms with E-state index < -0.39 is 0 Å². The first-order valence-corrected chi connectivity index (χ1v) is 5.89. The van der Waals surface area contributed by atoms with Crippen LogP contribution in [-0.2, 0) is 6.54 Å². The summed E-state index contributed by atoms with van der Waals surface area (Å²) >= 11 is 5.85. The fraction of sp³-hybridized carbons (Fsp3) is 0.500. The molecule has 3 nitrogen and oxygen atoms in total. The summed E-state index contributed by atoms with van der Waals surface area (Å²) in [5.41, 5.74) is 1.17. The third-order valence-corrected chi connectivity index (χ3v) is 2.96. The van der Waals surface area contributed by atoms with E-state index in [4.69, 9.17) is 16.9 Å². The summed E-state index contributed by atoms with van der Waals surface area (Å²) in [5, 5.41) is 9.16. The predicted molar refractivity (Wildman–Crippen MR) is 62.9 cm³/mol. The molecule has 2 rings (SSSR count). The molecular formula is C12H14ClN3. The van der Waals surface area contributed by atoms with Crippen LogP contribution in [0.5, 0.6) is 0 Å². The lowest BCUT2D eigenvalue weighted by atomic mass is 10.2. The SMILES string of the molecule is N#CCCN(Cc1ccnc(Cl)c1)C1CC1. The fourth-order valence-electron chi connectivity index (χ4n) is 1.80. The number of nitriles is 1. The summed E-state index contributed by atoms with van der Waals surface area (Å²) in [7, 11) is 0. The zero-order chi connectivity index (χ0) is 11.4. The topological polar surface area (TPSA) is 39.9 Å². The molecule has 0 radical (unpaired) electrons. The smallest absolute Gasteiger partial charge is 0.129 e. The average molecular weight is 236 g/mol. The molecule has 0 unspecified atom stereocenters. The Morgan fingerprint density at radius 3 is 3.00 bits per heavy atom. The molecule has 0 atom stereocenters. The van der Waals surface area contributed by atoms with Gasteiger partial charge < -0.3 is 0 Å². The van der Waals surface area contributed by atoms with Gasteiger partial charge in [-0.3, -0.25) is 4.90 Å². The molecule has 84 valence electrons. The van der Waals surface area contributed by atoms with Crippen molar-refractivity contribution in [2.45, 2.75) is 31.8 Å². The van der Waals surface area contributed by atoms with Gasteiger partial charge in [0.15, 0.2) is 0 Å². The van der Waals surface area contributed by atoms with Crippen molar-refractivity contribution < 1.29 is 0 Å². The zero-order valence-corrected chi connectivity index (χ0v) is 9.82. The van der Waals surface area contributed by atoms with Gasteiger partial charge in [0.25, 0.3) is 0 Å². The fourth-order valence-corrected chi connectivity index (χ4v) is 2.00. The zero-order valence-electron chi connectivity index (χ0n) is 9.06. The quantitative estimate of drug-likeness (QED) is 0.737. The van der Waals surface area contributed by atoms with E-state index in [0.717, 1.165) is 13.1 Å². The molecule has 1 aliphatic rings. The van der Waals surface area contributed by atoms with Crippen molar-refractivity contribution in [3.8, 4) is 6.07 Å². The van der Waals surface area contributed by atoms with Crippen molar-refractivity contribution in [1.29, 1.82) is 5.26 Å². The summed E-state index contributed by atoms with van der Waals surface area (Å²) in [6, 6.07) is 6.74. The first-order chi connectivity index (χ1) is 7.79. The highest BCUT2D eigenvalue weighted by molar-refractivity contribution is 6.29. The van der Waals surface area contributed by atoms with Gasteiger partial charge >= 0.3 is 0 Å². The first-order valence-electron chi connectivity index (χ1n) is 5.51. The highest BCUT2D eigenvalue weighted by atomic mass is 35.5. The van der Waals surface area contributed by atoms with Gasteiger partial charge in [0.2, 0.25) is 0 Å². The summed E-state index contributed by atoms with van der Waals surface area (Å²) in [5.74, 6) is 0. The molecule has 1 heterocycles. The second kappa shape index (κ2) is 5.29. The number of nitrogens with zero attached hydrogens (tertiary/aromatic N) is 3. The third-order valence-electron chi connectivity index (χ3n) is 2.75. The Morgan fingerprint density at radius 2 is 2.38 bits per heavy atom. The minimum Gasteiger partial charge on any atom is -0.295 e. The molecule has 1 aromatic rings. The van der Waals surface area contributed by atoms with E-state index in [2.05, 4.69) is 16.0 Å². The van der Waals surface area contributed by atoms with Gasteiger partial charge in [0, 0.05) is 31.7 Å². The van der Waals surface area contributed by atoms with E-state index in [1.165, 1.54) is 18.4 Å². The standard InChI is InChI=1S/C12H14ClN3/c13-12-8-10(4-6-15-12)9-16(7-1-5-14)11-2-3-11/h4,6,8,11H,1-3,7,9H2. The van der Waals surface area contributed by atoms with Crippen LogP contribution in [0.3, 0.4) is 0 Å². The Balaban J connectivity index is 1.97. The maximum Gasteiger partial charge on any atom is 0.129 e. The molecule has 0 aliphatic heterocycles. The first kappa shape index (κ1) is 11.4. The Labute approximate surface area is 101 Å². The van der Waals surface area contributed by atoms with Crippen LogP contribution in [-0.4, -0.2) is 22.5 Å². The lowest BCUT2D eigenvalue weighted by molar-refractivity contribution is 0.261. The molecule has 0 saturated heterocycles. The van der Waals surface area contributed by atoms with Crippen molar-refractivity contribution in [1.82, 2.24) is 9.88 Å². The van der Waals surface area contributed by atoms with Crippen LogP contribution in [0.1, 0.15) is 24.8 Å². The van der Waals surface area contributed by atoms with Crippen molar-refractivity contribution in [3.05, 3.63) is 29.0 Å². The van der Waals surface area contributed by atoms with Crippen LogP contribution < -0.4 is 0 Å². The van der Waals surface area contributed by atoms with Crippen molar-refractivity contribution in [2.75, 3.05) is 6.54 Å². The van der Waals surface area contributed by atoms with Crippen LogP contribution >= 0.6 is 11.6 Å². The molecule has 1 fully saturated rings. The van der Waals surface area contributed by atoms with Crippen LogP contribution in [0.25, 0.3) is 0 Å². The maximum atomic E-state index is 8.62. The van der Waals surface area contributed by atoms with Crippen molar-refractivity contribution in [3.63, 3.8) is 0 Å². The van der Waals surface area contributed by atoms with Gasteiger partial charge in [-0.2, -0.15) is 5.26 Å². The molecule has 1 aromatic heterocycles. The normalized spacial score (nSPS) is 15.1. The van der Waals surface area contributed by atoms with Gasteiger partial charge in [-0.1, -0.05) is 11.6 Å². The molecule has 4 heteroatoms. The maximum absolute atomic E-state index is 8.62. The molecule has 1 aliphatic carbocycles. The molecule has 0 bridgehead atoms. The van der Waals surface area contributed by atoms with Gasteiger partial charge in [-0.25, -0.2) is 4.98 Å². The van der Waals surface area contributed by atoms with Crippen LogP contribution in [0.15, 0.2) is 18.3 Å². The van der Waals surface area contributed by atoms with Crippen LogP contribution in [0.4, 0.5) is 0 Å². The molecular weight excluding hydrogens is 222 g/mol. The lowest BCUT2D eigenvalue weighted by Crippen LogP contribution is -2.26. The number of rotatable bonds is 5. The van der Waals surface area contributed by atoms with E-state index >= 15 is 0 Å². The monoisotopic (exact) mass is 235 g/mol. The van der Waals surface area contributed by atoms with Gasteiger partial charge in [0.1, 0.15) is 5.15 Å². The number of pyridine rings is 1. The Bertz CT molecular complexity index is 395. The predicted octanol–water partition coefficient (Wildman–Crippen LogP) is 2.61. The summed E-state index contributed by atoms with van der Waals surface area (Å²) in [4.78, 5) is 6.32. The molecule has 1 saturated carbocycles. The van der Waals surface area contributed by atoms with E-state index in [1.54, 1.807) is 6.20 Å². The van der Waals surface area contributed by atoms with E-state index in [-0.39, 0.29) is 0 Å². The average Bonchev–Trinajstić information content (AvgIpc) is 3.08. The molecule has 0 N–H and O–H groups in total. The molecule has 0 amide bonds. The molecule has 16 heavy (non-hydrogen) atoms. The second-order valence-electron chi connectivity index (χ2n) is 4.10. The summed E-state index contributed by atoms with van der Waals surface area (Å²) in [6.07, 6.45) is 4.83. The number of aromatic nitrogens is 1. The Hall–Kier alpha value is -1.11. The third kappa shape index (κ3) is 3.19. The molecule has 0 spiro atoms. The van der Waals surface area contributed by atoms with Gasteiger partial charge in [-0.05, 0) is 30.5 Å². The second-order valence-corrected chi connectivity index (χ2v) is 4.48. The Kier molecular flexibility index (Phi) is 3.76. The van der Waals surface area contributed by atoms with E-state index in [9.17, 15) is 0 Å². The highest BCUT2D eigenvalue weighted by Gasteiger charge is 2.28. The van der Waals surface area contributed by atoms with Crippen molar-refractivity contribution in [2.24, 2.45) is 0 Å². The summed E-state index contributed by atoms with van der Waals surface area (Å²) in [6.45, 7) is 1.72. The number of hydrogen-bond acceptors (Lipinski definition) is 3. The van der Waals surface area contributed by atoms with E-state index in [1.807, 2.05) is 12.1 Å². The van der Waals surface area contributed by atoms with E-state index in [0.29, 0.717) is 17.6 Å². The largest absolute Gasteiger partial charge is 0.295 e. The lowest BCUT2D eigenvalue weighted by Gasteiger charge is -2.20. The number of hydrogen-bond donors (Lipinski definition) is 0. The van der Waals surface area contributed by atoms with Gasteiger partial charge in [-0.15, -0.1) is 0 Å². The summed E-state index contributed by atoms with van der Waals surface area (Å²) < 4.78 is 0. The number of halogens is 1. The minimum atomic E-state index is 0.536. The van der Waals surface area contributed by atoms with Crippen LogP contribution in [0.2, 0.25) is 5.15 Å². The highest BCUT2D eigenvalue weighted by Crippen LogP contribution is 2.28. The van der Waals surface area contributed by atoms with Crippen LogP contribution in [0, 0.1) is 11.3 Å². The molecule has 0 aromatic carbocycles. The van der Waals surface area contributed by atoms with Gasteiger partial charge in [0.05, 0.1) is 6.07 Å². The van der Waals surface area contributed by atoms with Crippen molar-refractivity contribution >= 4 is 11.6 Å². The minimum absolute atomic E-state index is 0.536. The Morgan fingerprint density at radius 1 is 1.56 bits per heavy atom.